The maximum atomic E-state index is 12.6. The molecule has 0 fully saturated rings. The van der Waals surface area contributed by atoms with E-state index in [1.54, 1.807) is 41.3 Å². The summed E-state index contributed by atoms with van der Waals surface area (Å²) in [6, 6.07) is 14.3. The summed E-state index contributed by atoms with van der Waals surface area (Å²) in [5.74, 6) is -0.142. The van der Waals surface area contributed by atoms with Crippen molar-refractivity contribution in [1.29, 1.82) is 0 Å². The fourth-order valence-electron chi connectivity index (χ4n) is 3.16. The summed E-state index contributed by atoms with van der Waals surface area (Å²) in [7, 11) is 1.70. The van der Waals surface area contributed by atoms with Gasteiger partial charge < -0.3 is 9.88 Å². The number of thiazole rings is 1. The highest BCUT2D eigenvalue weighted by molar-refractivity contribution is 7.15. The molecule has 0 spiro atoms. The summed E-state index contributed by atoms with van der Waals surface area (Å²) in [6.45, 7) is 2.31. The van der Waals surface area contributed by atoms with Crippen molar-refractivity contribution in [3.63, 3.8) is 0 Å². The van der Waals surface area contributed by atoms with E-state index in [-0.39, 0.29) is 22.9 Å². The third-order valence-electron chi connectivity index (χ3n) is 4.83. The minimum Gasteiger partial charge on any atom is -0.375 e. The highest BCUT2D eigenvalue weighted by Crippen LogP contribution is 2.31. The summed E-state index contributed by atoms with van der Waals surface area (Å²) in [6.07, 6.45) is 3.16. The number of hydrogen-bond donors (Lipinski definition) is 1. The third-order valence-corrected chi connectivity index (χ3v) is 6.04. The van der Waals surface area contributed by atoms with Crippen LogP contribution in [-0.2, 0) is 13.6 Å². The molecule has 2 heterocycles. The Morgan fingerprint density at radius 2 is 2.00 bits per heavy atom. The second-order valence-electron chi connectivity index (χ2n) is 6.93. The van der Waals surface area contributed by atoms with E-state index >= 15 is 0 Å². The predicted molar refractivity (Wildman–Crippen MR) is 119 cm³/mol. The van der Waals surface area contributed by atoms with Crippen LogP contribution < -0.4 is 5.32 Å². The SMILES string of the molecule is Cc1nc(-c2ccccc2)sc1CNc1ccc(C(=O)c2nccn2C)cc1[N+](=O)[O-]. The van der Waals surface area contributed by atoms with Gasteiger partial charge in [0.2, 0.25) is 5.78 Å². The zero-order valence-corrected chi connectivity index (χ0v) is 17.7. The van der Waals surface area contributed by atoms with Crippen LogP contribution in [0, 0.1) is 17.0 Å². The van der Waals surface area contributed by atoms with Crippen molar-refractivity contribution in [2.75, 3.05) is 5.32 Å². The first-order valence-corrected chi connectivity index (χ1v) is 10.3. The molecule has 9 heteroatoms. The first-order chi connectivity index (χ1) is 14.9. The standard InChI is InChI=1S/C22H19N5O3S/c1-14-19(31-22(25-14)15-6-4-3-5-7-15)13-24-17-9-8-16(12-18(17)27(29)30)20(28)21-23-10-11-26(21)2/h3-12,24H,13H2,1-2H3. The molecular weight excluding hydrogens is 414 g/mol. The number of nitro benzene ring substituents is 1. The van der Waals surface area contributed by atoms with Gasteiger partial charge in [-0.3, -0.25) is 14.9 Å². The van der Waals surface area contributed by atoms with Crippen LogP contribution >= 0.6 is 11.3 Å². The minimum atomic E-state index is -0.494. The van der Waals surface area contributed by atoms with E-state index in [9.17, 15) is 14.9 Å². The first-order valence-electron chi connectivity index (χ1n) is 9.50. The van der Waals surface area contributed by atoms with Crippen LogP contribution in [0.3, 0.4) is 0 Å². The largest absolute Gasteiger partial charge is 0.375 e. The number of rotatable bonds is 7. The van der Waals surface area contributed by atoms with Gasteiger partial charge in [0.05, 0.1) is 17.2 Å². The molecule has 4 rings (SSSR count). The Kier molecular flexibility index (Phi) is 5.59. The quantitative estimate of drug-likeness (QED) is 0.259. The van der Waals surface area contributed by atoms with Gasteiger partial charge in [0, 0.05) is 41.5 Å². The molecule has 0 bridgehead atoms. The van der Waals surface area contributed by atoms with Crippen LogP contribution in [-0.4, -0.2) is 25.2 Å². The van der Waals surface area contributed by atoms with Crippen molar-refractivity contribution in [2.24, 2.45) is 7.05 Å². The van der Waals surface area contributed by atoms with E-state index in [1.165, 1.54) is 12.3 Å². The van der Waals surface area contributed by atoms with Gasteiger partial charge in [0.15, 0.2) is 5.82 Å². The number of imidazole rings is 1. The summed E-state index contributed by atoms with van der Waals surface area (Å²) < 4.78 is 1.58. The second kappa shape index (κ2) is 8.49. The summed E-state index contributed by atoms with van der Waals surface area (Å²) in [5, 5.41) is 15.7. The molecule has 2 aromatic carbocycles. The fourth-order valence-corrected chi connectivity index (χ4v) is 4.17. The van der Waals surface area contributed by atoms with Crippen molar-refractivity contribution < 1.29 is 9.72 Å². The molecule has 1 N–H and O–H groups in total. The van der Waals surface area contributed by atoms with Crippen LogP contribution in [0.2, 0.25) is 0 Å². The fraction of sp³-hybridized carbons (Fsp3) is 0.136. The molecule has 8 nitrogen and oxygen atoms in total. The average Bonchev–Trinajstić information content (AvgIpc) is 3.37. The molecule has 31 heavy (non-hydrogen) atoms. The number of nitrogens with zero attached hydrogens (tertiary/aromatic N) is 4. The molecule has 0 aliphatic carbocycles. The number of nitrogens with one attached hydrogen (secondary N) is 1. The van der Waals surface area contributed by atoms with E-state index in [4.69, 9.17) is 0 Å². The lowest BCUT2D eigenvalue weighted by Gasteiger charge is -2.08. The number of aryl methyl sites for hydroxylation is 2. The molecular formula is C22H19N5O3S. The topological polar surface area (TPSA) is 103 Å². The Labute approximate surface area is 182 Å². The van der Waals surface area contributed by atoms with Gasteiger partial charge in [-0.15, -0.1) is 11.3 Å². The number of hydrogen-bond acceptors (Lipinski definition) is 7. The van der Waals surface area contributed by atoms with Crippen LogP contribution in [0.4, 0.5) is 11.4 Å². The highest BCUT2D eigenvalue weighted by atomic mass is 32.1. The maximum absolute atomic E-state index is 12.6. The van der Waals surface area contributed by atoms with Gasteiger partial charge >= 0.3 is 0 Å². The molecule has 0 saturated carbocycles. The van der Waals surface area contributed by atoms with Gasteiger partial charge in [-0.1, -0.05) is 30.3 Å². The number of benzene rings is 2. The Balaban J connectivity index is 1.56. The molecule has 0 amide bonds. The Morgan fingerprint density at radius 1 is 1.23 bits per heavy atom. The summed E-state index contributed by atoms with van der Waals surface area (Å²) in [5.41, 5.74) is 2.30. The second-order valence-corrected chi connectivity index (χ2v) is 8.01. The van der Waals surface area contributed by atoms with Crippen LogP contribution in [0.1, 0.15) is 26.8 Å². The lowest BCUT2D eigenvalue weighted by atomic mass is 10.1. The van der Waals surface area contributed by atoms with Crippen molar-refractivity contribution in [3.05, 3.63) is 93.0 Å². The zero-order chi connectivity index (χ0) is 22.0. The van der Waals surface area contributed by atoms with Gasteiger partial charge in [-0.25, -0.2) is 9.97 Å². The maximum Gasteiger partial charge on any atom is 0.293 e. The van der Waals surface area contributed by atoms with E-state index < -0.39 is 4.92 Å². The molecule has 0 radical (unpaired) electrons. The first kappa shape index (κ1) is 20.4. The molecule has 0 atom stereocenters. The molecule has 4 aromatic rings. The zero-order valence-electron chi connectivity index (χ0n) is 16.9. The molecule has 2 aromatic heterocycles. The Morgan fingerprint density at radius 3 is 2.68 bits per heavy atom. The normalized spacial score (nSPS) is 10.8. The number of carbonyl (C=O) groups excluding carboxylic acids is 1. The molecule has 0 unspecified atom stereocenters. The lowest BCUT2D eigenvalue weighted by molar-refractivity contribution is -0.384. The van der Waals surface area contributed by atoms with Crippen molar-refractivity contribution in [2.45, 2.75) is 13.5 Å². The number of carbonyl (C=O) groups is 1. The number of aromatic nitrogens is 3. The van der Waals surface area contributed by atoms with Crippen molar-refractivity contribution in [3.8, 4) is 10.6 Å². The number of ketones is 1. The highest BCUT2D eigenvalue weighted by Gasteiger charge is 2.21. The van der Waals surface area contributed by atoms with Crippen LogP contribution in [0.25, 0.3) is 10.6 Å². The molecule has 0 saturated heterocycles. The van der Waals surface area contributed by atoms with Gasteiger partial charge in [0.1, 0.15) is 10.7 Å². The Hall–Kier alpha value is -3.85. The number of nitro groups is 1. The van der Waals surface area contributed by atoms with E-state index in [0.29, 0.717) is 12.2 Å². The lowest BCUT2D eigenvalue weighted by Crippen LogP contribution is -2.10. The average molecular weight is 433 g/mol. The van der Waals surface area contributed by atoms with E-state index in [2.05, 4.69) is 15.3 Å². The van der Waals surface area contributed by atoms with Crippen LogP contribution in [0.5, 0.6) is 0 Å². The molecule has 0 aliphatic heterocycles. The van der Waals surface area contributed by atoms with E-state index in [0.717, 1.165) is 21.1 Å². The summed E-state index contributed by atoms with van der Waals surface area (Å²) >= 11 is 1.55. The third kappa shape index (κ3) is 4.22. The van der Waals surface area contributed by atoms with Gasteiger partial charge in [0.25, 0.3) is 5.69 Å². The van der Waals surface area contributed by atoms with Crippen molar-refractivity contribution >= 4 is 28.5 Å². The smallest absolute Gasteiger partial charge is 0.293 e. The monoisotopic (exact) mass is 433 g/mol. The van der Waals surface area contributed by atoms with Crippen LogP contribution in [0.15, 0.2) is 60.9 Å². The molecule has 0 aliphatic rings. The summed E-state index contributed by atoms with van der Waals surface area (Å²) in [4.78, 5) is 33.4. The van der Waals surface area contributed by atoms with Crippen molar-refractivity contribution in [1.82, 2.24) is 14.5 Å². The Bertz CT molecular complexity index is 1260. The van der Waals surface area contributed by atoms with Gasteiger partial charge in [-0.2, -0.15) is 0 Å². The molecule has 156 valence electrons. The minimum absolute atomic E-state index is 0.162. The van der Waals surface area contributed by atoms with E-state index in [1.807, 2.05) is 37.3 Å². The number of anilines is 1. The predicted octanol–water partition coefficient (Wildman–Crippen LogP) is 4.60. The van der Waals surface area contributed by atoms with Gasteiger partial charge in [-0.05, 0) is 19.1 Å².